The molecule has 6 nitrogen and oxygen atoms in total. The van der Waals surface area contributed by atoms with E-state index in [1.165, 1.54) is 4.21 Å². The van der Waals surface area contributed by atoms with Crippen LogP contribution in [0.5, 0.6) is 5.75 Å². The fourth-order valence-corrected chi connectivity index (χ4v) is 4.17. The minimum absolute atomic E-state index is 0.0828. The van der Waals surface area contributed by atoms with E-state index >= 15 is 0 Å². The van der Waals surface area contributed by atoms with Crippen molar-refractivity contribution in [2.45, 2.75) is 29.9 Å². The third kappa shape index (κ3) is 6.38. The number of nitrogens with one attached hydrogen (secondary N) is 1. The van der Waals surface area contributed by atoms with Gasteiger partial charge in [0.25, 0.3) is 0 Å². The van der Waals surface area contributed by atoms with Crippen LogP contribution in [0, 0.1) is 0 Å². The Labute approximate surface area is 172 Å². The van der Waals surface area contributed by atoms with Crippen molar-refractivity contribution in [1.82, 2.24) is 15.5 Å². The van der Waals surface area contributed by atoms with Crippen molar-refractivity contribution in [2.24, 2.45) is 0 Å². The summed E-state index contributed by atoms with van der Waals surface area (Å²) in [6.07, 6.45) is 3.63. The highest BCUT2D eigenvalue weighted by molar-refractivity contribution is 8.01. The van der Waals surface area contributed by atoms with Gasteiger partial charge in [-0.05, 0) is 48.6 Å². The summed E-state index contributed by atoms with van der Waals surface area (Å²) < 4.78 is 11.6. The highest BCUT2D eigenvalue weighted by Crippen LogP contribution is 2.23. The average Bonchev–Trinajstić information content (AvgIpc) is 3.41. The van der Waals surface area contributed by atoms with Crippen LogP contribution in [0.25, 0.3) is 11.4 Å². The highest BCUT2D eigenvalue weighted by atomic mass is 32.2. The molecule has 3 aromatic rings. The van der Waals surface area contributed by atoms with Gasteiger partial charge >= 0.3 is 0 Å². The van der Waals surface area contributed by atoms with E-state index in [4.69, 9.17) is 9.26 Å². The zero-order valence-corrected chi connectivity index (χ0v) is 17.4. The predicted octanol–water partition coefficient (Wildman–Crippen LogP) is 4.43. The number of rotatable bonds is 11. The number of aryl methyl sites for hydroxylation is 1. The number of methoxy groups -OCH3 is 1. The molecule has 1 amide bonds. The van der Waals surface area contributed by atoms with Crippen molar-refractivity contribution in [3.05, 3.63) is 47.7 Å². The van der Waals surface area contributed by atoms with Crippen LogP contribution in [0.2, 0.25) is 0 Å². The minimum atomic E-state index is 0.0828. The van der Waals surface area contributed by atoms with Crippen LogP contribution in [-0.4, -0.2) is 35.5 Å². The number of nitrogens with zero attached hydrogens (tertiary/aromatic N) is 2. The lowest BCUT2D eigenvalue weighted by Gasteiger charge is -2.04. The SMILES string of the molecule is COc1ccc(-c2noc(CCCCCNC(=O)CSc3cccs3)n2)cc1. The predicted molar refractivity (Wildman–Crippen MR) is 112 cm³/mol. The molecule has 0 aliphatic rings. The molecule has 0 aliphatic carbocycles. The molecular weight excluding hydrogens is 394 g/mol. The number of ether oxygens (including phenoxy) is 1. The van der Waals surface area contributed by atoms with E-state index in [2.05, 4.69) is 15.5 Å². The Morgan fingerprint density at radius 1 is 1.21 bits per heavy atom. The van der Waals surface area contributed by atoms with Gasteiger partial charge in [-0.15, -0.1) is 23.1 Å². The van der Waals surface area contributed by atoms with Gasteiger partial charge in [0.15, 0.2) is 0 Å². The topological polar surface area (TPSA) is 77.3 Å². The summed E-state index contributed by atoms with van der Waals surface area (Å²) in [5.41, 5.74) is 0.902. The molecule has 28 heavy (non-hydrogen) atoms. The van der Waals surface area contributed by atoms with Crippen molar-refractivity contribution in [3.8, 4) is 17.1 Å². The van der Waals surface area contributed by atoms with E-state index in [1.807, 2.05) is 41.8 Å². The molecule has 148 valence electrons. The van der Waals surface area contributed by atoms with E-state index in [1.54, 1.807) is 30.2 Å². The molecule has 0 spiro atoms. The summed E-state index contributed by atoms with van der Waals surface area (Å²) in [5.74, 6) is 2.58. The molecule has 1 aromatic carbocycles. The molecule has 1 N–H and O–H groups in total. The molecule has 0 fully saturated rings. The van der Waals surface area contributed by atoms with E-state index in [0.717, 1.165) is 37.0 Å². The Morgan fingerprint density at radius 3 is 2.82 bits per heavy atom. The molecule has 8 heteroatoms. The first kappa shape index (κ1) is 20.4. The zero-order valence-electron chi connectivity index (χ0n) is 15.7. The number of benzene rings is 1. The Kier molecular flexibility index (Phi) is 7.93. The summed E-state index contributed by atoms with van der Waals surface area (Å²) in [5, 5.41) is 9.02. The van der Waals surface area contributed by atoms with Gasteiger partial charge in [0.1, 0.15) is 5.75 Å². The molecule has 0 unspecified atom stereocenters. The van der Waals surface area contributed by atoms with Crippen LogP contribution in [0.4, 0.5) is 0 Å². The van der Waals surface area contributed by atoms with Crippen LogP contribution in [0.1, 0.15) is 25.2 Å². The summed E-state index contributed by atoms with van der Waals surface area (Å²) in [4.78, 5) is 16.2. The maximum absolute atomic E-state index is 11.8. The van der Waals surface area contributed by atoms with E-state index in [-0.39, 0.29) is 5.91 Å². The molecule has 0 saturated carbocycles. The second-order valence-electron chi connectivity index (χ2n) is 6.12. The van der Waals surface area contributed by atoms with E-state index in [9.17, 15) is 4.79 Å². The maximum Gasteiger partial charge on any atom is 0.230 e. The van der Waals surface area contributed by atoms with Crippen LogP contribution in [0.3, 0.4) is 0 Å². The van der Waals surface area contributed by atoms with Crippen molar-refractivity contribution in [3.63, 3.8) is 0 Å². The van der Waals surface area contributed by atoms with Crippen molar-refractivity contribution < 1.29 is 14.1 Å². The average molecular weight is 418 g/mol. The number of thioether (sulfide) groups is 1. The summed E-state index contributed by atoms with van der Waals surface area (Å²) >= 11 is 3.23. The molecule has 2 heterocycles. The number of unbranched alkanes of at least 4 members (excludes halogenated alkanes) is 2. The van der Waals surface area contributed by atoms with Gasteiger partial charge in [-0.2, -0.15) is 4.98 Å². The Morgan fingerprint density at radius 2 is 2.07 bits per heavy atom. The van der Waals surface area contributed by atoms with Crippen LogP contribution >= 0.6 is 23.1 Å². The maximum atomic E-state index is 11.8. The summed E-state index contributed by atoms with van der Waals surface area (Å²) in [6, 6.07) is 11.6. The number of amides is 1. The van der Waals surface area contributed by atoms with Crippen molar-refractivity contribution in [1.29, 1.82) is 0 Å². The van der Waals surface area contributed by atoms with Gasteiger partial charge in [-0.1, -0.05) is 17.6 Å². The fraction of sp³-hybridized carbons (Fsp3) is 0.350. The molecule has 2 aromatic heterocycles. The minimum Gasteiger partial charge on any atom is -0.497 e. The van der Waals surface area contributed by atoms with Gasteiger partial charge in [0.05, 0.1) is 17.1 Å². The lowest BCUT2D eigenvalue weighted by molar-refractivity contribution is -0.118. The summed E-state index contributed by atoms with van der Waals surface area (Å²) in [6.45, 7) is 0.699. The largest absolute Gasteiger partial charge is 0.497 e. The first-order valence-corrected chi connectivity index (χ1v) is 11.0. The standard InChI is InChI=1S/C20H23N3O3S2/c1-25-16-10-8-15(9-11-16)20-22-18(26-23-20)6-3-2-4-12-21-17(24)14-28-19-7-5-13-27-19/h5,7-11,13H,2-4,6,12,14H2,1H3,(H,21,24). The highest BCUT2D eigenvalue weighted by Gasteiger charge is 2.09. The fourth-order valence-electron chi connectivity index (χ4n) is 2.55. The zero-order chi connectivity index (χ0) is 19.6. The van der Waals surface area contributed by atoms with E-state index < -0.39 is 0 Å². The number of thiophene rings is 1. The smallest absolute Gasteiger partial charge is 0.230 e. The number of hydrogen-bond donors (Lipinski definition) is 1. The molecule has 0 aliphatic heterocycles. The third-order valence-electron chi connectivity index (χ3n) is 4.05. The van der Waals surface area contributed by atoms with Crippen molar-refractivity contribution >= 4 is 29.0 Å². The number of carbonyl (C=O) groups excluding carboxylic acids is 1. The monoisotopic (exact) mass is 417 g/mol. The lowest BCUT2D eigenvalue weighted by Crippen LogP contribution is -2.26. The van der Waals surface area contributed by atoms with Gasteiger partial charge in [-0.3, -0.25) is 4.79 Å². The Balaban J connectivity index is 1.29. The van der Waals surface area contributed by atoms with Gasteiger partial charge in [-0.25, -0.2) is 0 Å². The normalized spacial score (nSPS) is 10.8. The molecular formula is C20H23N3O3S2. The number of hydrogen-bond acceptors (Lipinski definition) is 7. The van der Waals surface area contributed by atoms with Crippen molar-refractivity contribution in [2.75, 3.05) is 19.4 Å². The molecule has 0 saturated heterocycles. The number of aromatic nitrogens is 2. The second kappa shape index (κ2) is 10.9. The van der Waals surface area contributed by atoms with Gasteiger partial charge in [0, 0.05) is 18.5 Å². The van der Waals surface area contributed by atoms with Crippen LogP contribution < -0.4 is 10.1 Å². The lowest BCUT2D eigenvalue weighted by atomic mass is 10.2. The van der Waals surface area contributed by atoms with Crippen LogP contribution in [-0.2, 0) is 11.2 Å². The molecule has 3 rings (SSSR count). The van der Waals surface area contributed by atoms with E-state index in [0.29, 0.717) is 24.0 Å². The molecule has 0 atom stereocenters. The summed E-state index contributed by atoms with van der Waals surface area (Å²) in [7, 11) is 1.64. The number of carbonyl (C=O) groups is 1. The Hall–Kier alpha value is -2.32. The Bertz CT molecular complexity index is 848. The van der Waals surface area contributed by atoms with Gasteiger partial charge in [0.2, 0.25) is 17.6 Å². The van der Waals surface area contributed by atoms with Crippen LogP contribution in [0.15, 0.2) is 50.5 Å². The first-order chi connectivity index (χ1) is 13.7. The molecule has 0 radical (unpaired) electrons. The molecule has 0 bridgehead atoms. The quantitative estimate of drug-likeness (QED) is 0.367. The van der Waals surface area contributed by atoms with Gasteiger partial charge < -0.3 is 14.6 Å². The first-order valence-electron chi connectivity index (χ1n) is 9.14. The second-order valence-corrected chi connectivity index (χ2v) is 8.34. The third-order valence-corrected chi connectivity index (χ3v) is 6.18.